The van der Waals surface area contributed by atoms with Crippen LogP contribution in [0.25, 0.3) is 0 Å². The van der Waals surface area contributed by atoms with Crippen molar-refractivity contribution in [2.75, 3.05) is 13.7 Å². The highest BCUT2D eigenvalue weighted by Crippen LogP contribution is 2.34. The summed E-state index contributed by atoms with van der Waals surface area (Å²) in [6, 6.07) is 3.75. The molecular weight excluding hydrogens is 316 g/mol. The number of rotatable bonds is 4. The summed E-state index contributed by atoms with van der Waals surface area (Å²) in [7, 11) is 3.75. The molecule has 0 saturated carbocycles. The number of aromatic amines is 1. The molecule has 6 nitrogen and oxygen atoms in total. The second-order valence-corrected chi connectivity index (χ2v) is 6.44. The summed E-state index contributed by atoms with van der Waals surface area (Å²) in [5.41, 5.74) is 1.86. The molecule has 2 aromatic rings. The van der Waals surface area contributed by atoms with E-state index in [1.54, 1.807) is 11.1 Å². The van der Waals surface area contributed by atoms with E-state index in [9.17, 15) is 4.79 Å². The van der Waals surface area contributed by atoms with Gasteiger partial charge in [-0.1, -0.05) is 11.6 Å². The lowest BCUT2D eigenvalue weighted by molar-refractivity contribution is -0.145. The largest absolute Gasteiger partial charge is 0.371 e. The Morgan fingerprint density at radius 3 is 3.09 bits per heavy atom. The molecule has 0 aromatic carbocycles. The van der Waals surface area contributed by atoms with Crippen molar-refractivity contribution in [3.8, 4) is 0 Å². The minimum Gasteiger partial charge on any atom is -0.371 e. The standard InChI is InChI=1S/C16H21ClN4O2/c1-20-9-11(17)8-12(20)10-21(2)16(22)13-4-3-7-23-15(13)14-5-6-18-19-14/h5-6,8-9,13,15H,3-4,7,10H2,1-2H3,(H,18,19)/t13-,15-/m1/s1. The summed E-state index contributed by atoms with van der Waals surface area (Å²) in [5.74, 6) is -0.105. The van der Waals surface area contributed by atoms with Crippen LogP contribution >= 0.6 is 11.6 Å². The summed E-state index contributed by atoms with van der Waals surface area (Å²) < 4.78 is 7.78. The van der Waals surface area contributed by atoms with E-state index in [4.69, 9.17) is 16.3 Å². The molecule has 3 heterocycles. The van der Waals surface area contributed by atoms with E-state index in [2.05, 4.69) is 10.2 Å². The van der Waals surface area contributed by atoms with Gasteiger partial charge in [0.05, 0.1) is 23.2 Å². The first-order chi connectivity index (χ1) is 11.1. The smallest absolute Gasteiger partial charge is 0.228 e. The van der Waals surface area contributed by atoms with Crippen LogP contribution in [0.5, 0.6) is 0 Å². The first-order valence-corrected chi connectivity index (χ1v) is 8.10. The molecule has 2 aromatic heterocycles. The summed E-state index contributed by atoms with van der Waals surface area (Å²) in [6.07, 6.45) is 4.99. The molecule has 1 aliphatic heterocycles. The number of hydrogen-bond donors (Lipinski definition) is 1. The summed E-state index contributed by atoms with van der Waals surface area (Å²) in [6.45, 7) is 1.19. The number of carbonyl (C=O) groups is 1. The van der Waals surface area contributed by atoms with Crippen molar-refractivity contribution in [2.24, 2.45) is 13.0 Å². The average Bonchev–Trinajstić information content (AvgIpc) is 3.17. The van der Waals surface area contributed by atoms with Crippen LogP contribution in [-0.2, 0) is 23.1 Å². The number of carbonyl (C=O) groups excluding carboxylic acids is 1. The van der Waals surface area contributed by atoms with Crippen LogP contribution in [0, 0.1) is 5.92 Å². The number of ether oxygens (including phenoxy) is 1. The molecule has 0 aliphatic carbocycles. The van der Waals surface area contributed by atoms with E-state index in [0.717, 1.165) is 24.2 Å². The van der Waals surface area contributed by atoms with Gasteiger partial charge < -0.3 is 14.2 Å². The zero-order valence-electron chi connectivity index (χ0n) is 13.3. The maximum Gasteiger partial charge on any atom is 0.228 e. The molecule has 1 saturated heterocycles. The number of nitrogens with one attached hydrogen (secondary N) is 1. The maximum atomic E-state index is 12.9. The fourth-order valence-electron chi connectivity index (χ4n) is 3.09. The Bertz CT molecular complexity index is 668. The number of aromatic nitrogens is 3. The van der Waals surface area contributed by atoms with Crippen LogP contribution in [0.15, 0.2) is 24.5 Å². The SMILES string of the molecule is CN(Cc1cc(Cl)cn1C)C(=O)[C@@H]1CCCO[C@H]1c1ccn[nH]1. The van der Waals surface area contributed by atoms with Gasteiger partial charge in [0, 0.05) is 38.8 Å². The van der Waals surface area contributed by atoms with Crippen molar-refractivity contribution in [2.45, 2.75) is 25.5 Å². The molecule has 7 heteroatoms. The van der Waals surface area contributed by atoms with Gasteiger partial charge in [-0.3, -0.25) is 9.89 Å². The van der Waals surface area contributed by atoms with E-state index in [0.29, 0.717) is 18.2 Å². The van der Waals surface area contributed by atoms with Crippen LogP contribution in [-0.4, -0.2) is 39.2 Å². The van der Waals surface area contributed by atoms with Crippen molar-refractivity contribution in [3.05, 3.63) is 40.9 Å². The van der Waals surface area contributed by atoms with Gasteiger partial charge in [-0.05, 0) is 25.0 Å². The van der Waals surface area contributed by atoms with Gasteiger partial charge in [-0.2, -0.15) is 5.10 Å². The fraction of sp³-hybridized carbons (Fsp3) is 0.500. The molecule has 23 heavy (non-hydrogen) atoms. The van der Waals surface area contributed by atoms with E-state index >= 15 is 0 Å². The van der Waals surface area contributed by atoms with Crippen molar-refractivity contribution in [3.63, 3.8) is 0 Å². The van der Waals surface area contributed by atoms with Gasteiger partial charge in [0.15, 0.2) is 0 Å². The molecule has 0 bridgehead atoms. The molecule has 3 rings (SSSR count). The third kappa shape index (κ3) is 3.43. The van der Waals surface area contributed by atoms with Crippen LogP contribution in [0.3, 0.4) is 0 Å². The molecule has 1 fully saturated rings. The molecule has 1 N–H and O–H groups in total. The quantitative estimate of drug-likeness (QED) is 0.933. The molecule has 2 atom stereocenters. The summed E-state index contributed by atoms with van der Waals surface area (Å²) >= 11 is 6.01. The van der Waals surface area contributed by atoms with Crippen molar-refractivity contribution < 1.29 is 9.53 Å². The number of amides is 1. The molecule has 0 radical (unpaired) electrons. The second-order valence-electron chi connectivity index (χ2n) is 6.01. The van der Waals surface area contributed by atoms with E-state index in [1.165, 1.54) is 0 Å². The van der Waals surface area contributed by atoms with E-state index in [-0.39, 0.29) is 17.9 Å². The number of H-pyrrole nitrogens is 1. The first kappa shape index (κ1) is 16.1. The maximum absolute atomic E-state index is 12.9. The molecule has 124 valence electrons. The Balaban J connectivity index is 1.73. The Kier molecular flexibility index (Phi) is 4.73. The average molecular weight is 337 g/mol. The Morgan fingerprint density at radius 2 is 2.43 bits per heavy atom. The lowest BCUT2D eigenvalue weighted by atomic mass is 9.91. The summed E-state index contributed by atoms with van der Waals surface area (Å²) in [4.78, 5) is 14.6. The zero-order chi connectivity index (χ0) is 16.4. The minimum atomic E-state index is -0.252. The van der Waals surface area contributed by atoms with Crippen LogP contribution in [0.1, 0.15) is 30.3 Å². The van der Waals surface area contributed by atoms with E-state index in [1.807, 2.05) is 37.0 Å². The second kappa shape index (κ2) is 6.76. The lowest BCUT2D eigenvalue weighted by Gasteiger charge is -2.32. The van der Waals surface area contributed by atoms with Crippen molar-refractivity contribution in [1.82, 2.24) is 19.7 Å². The third-order valence-electron chi connectivity index (χ3n) is 4.32. The fourth-order valence-corrected chi connectivity index (χ4v) is 3.37. The molecule has 0 unspecified atom stereocenters. The predicted octanol–water partition coefficient (Wildman–Crippen LogP) is 2.53. The van der Waals surface area contributed by atoms with Gasteiger partial charge >= 0.3 is 0 Å². The van der Waals surface area contributed by atoms with E-state index < -0.39 is 0 Å². The van der Waals surface area contributed by atoms with Crippen LogP contribution in [0.4, 0.5) is 0 Å². The number of nitrogens with zero attached hydrogens (tertiary/aromatic N) is 3. The first-order valence-electron chi connectivity index (χ1n) is 7.73. The lowest BCUT2D eigenvalue weighted by Crippen LogP contribution is -2.38. The van der Waals surface area contributed by atoms with Crippen molar-refractivity contribution >= 4 is 17.5 Å². The number of halogens is 1. The monoisotopic (exact) mass is 336 g/mol. The number of hydrogen-bond acceptors (Lipinski definition) is 3. The Labute approximate surface area is 140 Å². The molecule has 1 aliphatic rings. The molecule has 1 amide bonds. The van der Waals surface area contributed by atoms with Crippen molar-refractivity contribution in [1.29, 1.82) is 0 Å². The highest BCUT2D eigenvalue weighted by Gasteiger charge is 2.35. The Hall–Kier alpha value is -1.79. The van der Waals surface area contributed by atoms with Gasteiger partial charge in [-0.15, -0.1) is 0 Å². The van der Waals surface area contributed by atoms with Gasteiger partial charge in [0.25, 0.3) is 0 Å². The topological polar surface area (TPSA) is 63.1 Å². The highest BCUT2D eigenvalue weighted by molar-refractivity contribution is 6.30. The van der Waals surface area contributed by atoms with Gasteiger partial charge in [0.1, 0.15) is 6.10 Å². The number of aryl methyl sites for hydroxylation is 1. The molecular formula is C16H21ClN4O2. The van der Waals surface area contributed by atoms with Gasteiger partial charge in [-0.25, -0.2) is 0 Å². The minimum absolute atomic E-state index is 0.0848. The third-order valence-corrected chi connectivity index (χ3v) is 4.52. The molecule has 0 spiro atoms. The van der Waals surface area contributed by atoms with Crippen LogP contribution < -0.4 is 0 Å². The summed E-state index contributed by atoms with van der Waals surface area (Å²) in [5, 5.41) is 7.58. The predicted molar refractivity (Wildman–Crippen MR) is 86.9 cm³/mol. The van der Waals surface area contributed by atoms with Gasteiger partial charge in [0.2, 0.25) is 5.91 Å². The normalized spacial score (nSPS) is 21.3. The zero-order valence-corrected chi connectivity index (χ0v) is 14.1. The Morgan fingerprint density at radius 1 is 1.61 bits per heavy atom. The highest BCUT2D eigenvalue weighted by atomic mass is 35.5. The van der Waals surface area contributed by atoms with Crippen LogP contribution in [0.2, 0.25) is 5.02 Å².